The number of Topliss-reactive ketones (excluding diaryl/α,β-unsaturated/α-hetero) is 3. The predicted octanol–water partition coefficient (Wildman–Crippen LogP) is 6.20. The summed E-state index contributed by atoms with van der Waals surface area (Å²) in [4.78, 5) is 130. The highest BCUT2D eigenvalue weighted by Gasteiger charge is 2.52. The molecule has 19 heteroatoms. The Morgan fingerprint density at radius 3 is 1.85 bits per heavy atom. The molecule has 1 aromatic carbocycles. The number of aliphatic hydroxyl groups excluding tert-OH is 1. The van der Waals surface area contributed by atoms with Gasteiger partial charge in [0.25, 0.3) is 0 Å². The van der Waals surface area contributed by atoms with Crippen molar-refractivity contribution in [3.05, 3.63) is 47.5 Å². The molecule has 0 spiro atoms. The molecule has 1 saturated heterocycles. The van der Waals surface area contributed by atoms with Crippen LogP contribution >= 0.6 is 0 Å². The molecular weight excluding hydrogens is 974 g/mol. The van der Waals surface area contributed by atoms with E-state index in [-0.39, 0.29) is 72.2 Å². The van der Waals surface area contributed by atoms with Crippen molar-refractivity contribution in [2.75, 3.05) is 40.8 Å². The summed E-state index contributed by atoms with van der Waals surface area (Å²) in [7, 11) is 4.01. The molecule has 1 aliphatic heterocycles. The summed E-state index contributed by atoms with van der Waals surface area (Å²) in [5, 5.41) is 15.8. The van der Waals surface area contributed by atoms with Gasteiger partial charge >= 0.3 is 6.18 Å². The molecule has 16 nitrogen and oxygen atoms in total. The Morgan fingerprint density at radius 1 is 0.747 bits per heavy atom. The molecule has 2 aliphatic rings. The lowest BCUT2D eigenvalue weighted by atomic mass is 9.87. The third-order valence-electron chi connectivity index (χ3n) is 14.1. The first-order valence-corrected chi connectivity index (χ1v) is 26.6. The number of nitrogens with one attached hydrogen (secondary N) is 2. The van der Waals surface area contributed by atoms with Gasteiger partial charge in [-0.2, -0.15) is 13.2 Å². The zero-order chi connectivity index (χ0) is 56.8. The van der Waals surface area contributed by atoms with E-state index in [9.17, 15) is 56.6 Å². The first-order valence-electron chi connectivity index (χ1n) is 26.6. The molecular formula is C56H85F3N6O10. The average molecular weight is 1060 g/mol. The lowest BCUT2D eigenvalue weighted by Gasteiger charge is -2.36. The molecule has 6 amide bonds. The summed E-state index contributed by atoms with van der Waals surface area (Å²) in [5.41, 5.74) is -0.577. The highest BCUT2D eigenvalue weighted by molar-refractivity contribution is 6.13. The molecule has 1 saturated carbocycles. The lowest BCUT2D eigenvalue weighted by molar-refractivity contribution is -0.150. The number of amides is 6. The molecule has 0 radical (unpaired) electrons. The number of piperidine rings is 1. The number of halogens is 3. The lowest BCUT2D eigenvalue weighted by Crippen LogP contribution is -2.55. The summed E-state index contributed by atoms with van der Waals surface area (Å²) in [5.74, 6) is -7.30. The second kappa shape index (κ2) is 28.6. The van der Waals surface area contributed by atoms with Gasteiger partial charge in [0, 0.05) is 64.5 Å². The van der Waals surface area contributed by atoms with E-state index in [0.29, 0.717) is 38.8 Å². The third kappa shape index (κ3) is 19.3. The van der Waals surface area contributed by atoms with Crippen molar-refractivity contribution in [2.45, 2.75) is 169 Å². The molecule has 3 N–H and O–H groups in total. The van der Waals surface area contributed by atoms with Crippen LogP contribution in [0.3, 0.4) is 0 Å². The van der Waals surface area contributed by atoms with Gasteiger partial charge in [0.2, 0.25) is 35.4 Å². The van der Waals surface area contributed by atoms with Crippen molar-refractivity contribution in [2.24, 2.45) is 41.4 Å². The van der Waals surface area contributed by atoms with Gasteiger partial charge in [-0.05, 0) is 99.7 Å². The van der Waals surface area contributed by atoms with E-state index in [2.05, 4.69) is 17.2 Å². The number of likely N-dealkylation sites (N-methyl/N-ethyl adjacent to an activating group) is 3. The summed E-state index contributed by atoms with van der Waals surface area (Å²) in [6.45, 7) is 20.6. The minimum atomic E-state index is -4.66. The number of carbonyl (C=O) groups excluding carboxylic acids is 9. The summed E-state index contributed by atoms with van der Waals surface area (Å²) < 4.78 is 41.1. The third-order valence-corrected chi connectivity index (χ3v) is 14.1. The van der Waals surface area contributed by atoms with Crippen LogP contribution in [0.5, 0.6) is 0 Å². The maximum Gasteiger partial charge on any atom is 0.416 e. The number of carbonyl (C=O) groups is 9. The summed E-state index contributed by atoms with van der Waals surface area (Å²) in [6.07, 6.45) is -3.67. The second-order valence-electron chi connectivity index (χ2n) is 22.6. The van der Waals surface area contributed by atoms with E-state index in [1.807, 2.05) is 55.4 Å². The van der Waals surface area contributed by atoms with Crippen molar-refractivity contribution < 1.29 is 61.4 Å². The number of benzene rings is 1. The van der Waals surface area contributed by atoms with Crippen molar-refractivity contribution in [3.8, 4) is 0 Å². The van der Waals surface area contributed by atoms with Crippen LogP contribution in [0.2, 0.25) is 0 Å². The summed E-state index contributed by atoms with van der Waals surface area (Å²) >= 11 is 0. The van der Waals surface area contributed by atoms with Crippen LogP contribution in [0.25, 0.3) is 0 Å². The SMILES string of the molecule is C=C(C(=O)[C@H](CC(C)C)NC(=O)C[C@@H](C(=O)N1CCCCC1)N(C)C(=O)C(CC(=O)[C@H](CC(C)C)N(C)C(=O)CN(C)C(=O)[C@@H](NC(=O)CCC(C)C)[C@@H](C)O)Cc1ccc(C(F)(F)F)cc1)C1C(=O)[C@@H]1CC(C)C. The Bertz CT molecular complexity index is 2190. The molecule has 0 bridgehead atoms. The van der Waals surface area contributed by atoms with Gasteiger partial charge < -0.3 is 35.3 Å². The van der Waals surface area contributed by atoms with Gasteiger partial charge in [0.15, 0.2) is 11.6 Å². The number of ketones is 3. The molecule has 3 rings (SSSR count). The van der Waals surface area contributed by atoms with Crippen LogP contribution < -0.4 is 10.6 Å². The van der Waals surface area contributed by atoms with Gasteiger partial charge in [-0.3, -0.25) is 43.2 Å². The van der Waals surface area contributed by atoms with E-state index < -0.39 is 120 Å². The molecule has 2 fully saturated rings. The number of likely N-dealkylation sites (tertiary alicyclic amines) is 1. The monoisotopic (exact) mass is 1060 g/mol. The standard InChI is InChI=1S/C56H85F3N6O10/c1-32(2)17-22-46(68)61-50(37(10)66)55(75)62(11)31-48(70)63(12)43(27-35(7)8)45(67)29-39(28-38-18-20-40(21-19-38)56(57,58)59)53(73)64(13)44(54(74)65-23-15-14-16-24-65)30-47(69)60-42(26-34(5)6)51(71)36(9)49-41(52(49)72)25-33(3)4/h18-21,32-35,37,39,41-44,49-50,66H,9,14-17,22-31H2,1-8,10-13H3,(H,60,69)(H,61,68)/t37-,39?,41-,42+,43+,44+,49?,50+/m1/s1. The number of hydrogen-bond acceptors (Lipinski definition) is 10. The molecule has 0 aromatic heterocycles. The normalized spacial score (nSPS) is 18.2. The maximum atomic E-state index is 15.1. The fourth-order valence-corrected chi connectivity index (χ4v) is 9.68. The van der Waals surface area contributed by atoms with Crippen molar-refractivity contribution >= 4 is 52.8 Å². The highest BCUT2D eigenvalue weighted by atomic mass is 19.4. The van der Waals surface area contributed by atoms with Crippen LogP contribution in [0.15, 0.2) is 36.4 Å². The van der Waals surface area contributed by atoms with Gasteiger partial charge in [-0.15, -0.1) is 0 Å². The number of aliphatic hydroxyl groups is 1. The fourth-order valence-electron chi connectivity index (χ4n) is 9.68. The van der Waals surface area contributed by atoms with E-state index in [1.54, 1.807) is 4.90 Å². The maximum absolute atomic E-state index is 15.1. The van der Waals surface area contributed by atoms with Crippen molar-refractivity contribution in [1.82, 2.24) is 30.2 Å². The minimum absolute atomic E-state index is 0.0798. The van der Waals surface area contributed by atoms with Crippen LogP contribution in [0.1, 0.15) is 138 Å². The number of alkyl halides is 3. The molecule has 1 aliphatic carbocycles. The van der Waals surface area contributed by atoms with E-state index in [4.69, 9.17) is 0 Å². The van der Waals surface area contributed by atoms with Gasteiger partial charge in [-0.25, -0.2) is 0 Å². The Morgan fingerprint density at radius 2 is 1.33 bits per heavy atom. The molecule has 75 heavy (non-hydrogen) atoms. The van der Waals surface area contributed by atoms with Crippen LogP contribution in [-0.4, -0.2) is 149 Å². The average Bonchev–Trinajstić information content (AvgIpc) is 3.97. The first kappa shape index (κ1) is 63.8. The van der Waals surface area contributed by atoms with Gasteiger partial charge in [0.05, 0.1) is 42.6 Å². The quantitative estimate of drug-likeness (QED) is 0.0774. The Hall–Kier alpha value is -5.46. The van der Waals surface area contributed by atoms with Crippen LogP contribution in [0, 0.1) is 41.4 Å². The second-order valence-corrected chi connectivity index (χ2v) is 22.6. The largest absolute Gasteiger partial charge is 0.416 e. The van der Waals surface area contributed by atoms with E-state index in [0.717, 1.165) is 33.3 Å². The minimum Gasteiger partial charge on any atom is -0.391 e. The molecule has 2 unspecified atom stereocenters. The number of rotatable bonds is 29. The fraction of sp³-hybridized carbons (Fsp3) is 0.696. The number of nitrogens with zero attached hydrogens (tertiary/aromatic N) is 4. The van der Waals surface area contributed by atoms with Crippen molar-refractivity contribution in [1.29, 1.82) is 0 Å². The Labute approximate surface area is 442 Å². The first-order chi connectivity index (χ1) is 34.8. The van der Waals surface area contributed by atoms with Crippen LogP contribution in [0.4, 0.5) is 13.2 Å². The highest BCUT2D eigenvalue weighted by Crippen LogP contribution is 2.44. The van der Waals surface area contributed by atoms with Crippen molar-refractivity contribution in [3.63, 3.8) is 0 Å². The molecule has 420 valence electrons. The molecule has 1 heterocycles. The number of hydrogen-bond donors (Lipinski definition) is 3. The van der Waals surface area contributed by atoms with Gasteiger partial charge in [-0.1, -0.05) is 74.1 Å². The van der Waals surface area contributed by atoms with E-state index >= 15 is 4.79 Å². The Kier molecular flexibility index (Phi) is 24.3. The predicted molar refractivity (Wildman–Crippen MR) is 278 cm³/mol. The molecule has 1 aromatic rings. The van der Waals surface area contributed by atoms with E-state index in [1.165, 1.54) is 40.2 Å². The zero-order valence-corrected chi connectivity index (χ0v) is 46.4. The Balaban J connectivity index is 2.00. The van der Waals surface area contributed by atoms with Gasteiger partial charge in [0.1, 0.15) is 17.9 Å². The zero-order valence-electron chi connectivity index (χ0n) is 46.4. The smallest absolute Gasteiger partial charge is 0.391 e. The molecule has 8 atom stereocenters. The summed E-state index contributed by atoms with van der Waals surface area (Å²) in [6, 6.07) is -0.986. The van der Waals surface area contributed by atoms with Crippen LogP contribution in [-0.2, 0) is 55.7 Å². The topological polar surface area (TPSA) is 211 Å².